The van der Waals surface area contributed by atoms with Crippen molar-refractivity contribution in [3.8, 4) is 5.75 Å². The number of aryl methyl sites for hydroxylation is 1. The van der Waals surface area contributed by atoms with E-state index in [2.05, 4.69) is 5.32 Å². The first-order valence-electron chi connectivity index (χ1n) is 6.37. The number of phenols is 1. The summed E-state index contributed by atoms with van der Waals surface area (Å²) in [5, 5.41) is 12.4. The van der Waals surface area contributed by atoms with Gasteiger partial charge in [0.2, 0.25) is 5.91 Å². The largest absolute Gasteiger partial charge is 0.506 e. The Labute approximate surface area is 120 Å². The predicted octanol–water partition coefficient (Wildman–Crippen LogP) is 2.69. The van der Waals surface area contributed by atoms with Gasteiger partial charge in [-0.1, -0.05) is 33.3 Å². The minimum absolute atomic E-state index is 0. The van der Waals surface area contributed by atoms with E-state index in [-0.39, 0.29) is 30.0 Å². The van der Waals surface area contributed by atoms with Crippen molar-refractivity contribution in [3.05, 3.63) is 23.8 Å². The second kappa shape index (κ2) is 8.02. The maximum absolute atomic E-state index is 11.9. The Morgan fingerprint density at radius 2 is 2.05 bits per heavy atom. The fourth-order valence-corrected chi connectivity index (χ4v) is 1.63. The maximum atomic E-state index is 11.9. The number of amides is 1. The molecule has 1 aromatic carbocycles. The van der Waals surface area contributed by atoms with Crippen molar-refractivity contribution in [2.45, 2.75) is 39.7 Å². The molecule has 0 radical (unpaired) electrons. The number of halogens is 1. The quantitative estimate of drug-likeness (QED) is 0.729. The summed E-state index contributed by atoms with van der Waals surface area (Å²) in [6, 6.07) is 4.64. The molecule has 0 saturated carbocycles. The lowest BCUT2D eigenvalue weighted by Gasteiger charge is -2.18. The Bertz CT molecular complexity index is 424. The first-order valence-corrected chi connectivity index (χ1v) is 6.37. The van der Waals surface area contributed by atoms with Gasteiger partial charge in [0, 0.05) is 0 Å². The molecule has 108 valence electrons. The van der Waals surface area contributed by atoms with Gasteiger partial charge in [0.25, 0.3) is 0 Å². The fraction of sp³-hybridized carbons (Fsp3) is 0.500. The number of carbonyl (C=O) groups is 1. The van der Waals surface area contributed by atoms with E-state index in [1.165, 1.54) is 0 Å². The molecule has 2 unspecified atom stereocenters. The fourth-order valence-electron chi connectivity index (χ4n) is 1.63. The SMILES string of the molecule is CCc1ccc(O)c(NC(=O)C(N)C(C)CC)c1.Cl. The van der Waals surface area contributed by atoms with E-state index in [9.17, 15) is 9.90 Å². The van der Waals surface area contributed by atoms with Crippen LogP contribution in [-0.4, -0.2) is 17.1 Å². The van der Waals surface area contributed by atoms with E-state index in [0.717, 1.165) is 18.4 Å². The van der Waals surface area contributed by atoms with Gasteiger partial charge < -0.3 is 16.2 Å². The average molecular weight is 287 g/mol. The van der Waals surface area contributed by atoms with Crippen LogP contribution in [0.2, 0.25) is 0 Å². The summed E-state index contributed by atoms with van der Waals surface area (Å²) >= 11 is 0. The summed E-state index contributed by atoms with van der Waals surface area (Å²) in [5.74, 6) is -0.0775. The summed E-state index contributed by atoms with van der Waals surface area (Å²) in [4.78, 5) is 11.9. The van der Waals surface area contributed by atoms with Gasteiger partial charge in [-0.2, -0.15) is 0 Å². The van der Waals surface area contributed by atoms with Gasteiger partial charge >= 0.3 is 0 Å². The molecule has 0 aliphatic carbocycles. The molecule has 19 heavy (non-hydrogen) atoms. The minimum Gasteiger partial charge on any atom is -0.506 e. The Kier molecular flexibility index (Phi) is 7.49. The minimum atomic E-state index is -0.556. The number of hydrogen-bond acceptors (Lipinski definition) is 3. The second-order valence-electron chi connectivity index (χ2n) is 4.61. The van der Waals surface area contributed by atoms with Crippen LogP contribution in [0.25, 0.3) is 0 Å². The number of rotatable bonds is 5. The van der Waals surface area contributed by atoms with Crippen LogP contribution in [0, 0.1) is 5.92 Å². The summed E-state index contributed by atoms with van der Waals surface area (Å²) in [6.45, 7) is 5.95. The third kappa shape index (κ3) is 4.73. The summed E-state index contributed by atoms with van der Waals surface area (Å²) in [5.41, 5.74) is 7.33. The molecule has 0 aliphatic heterocycles. The first kappa shape index (κ1) is 17.7. The van der Waals surface area contributed by atoms with E-state index in [1.807, 2.05) is 26.8 Å². The molecule has 0 aliphatic rings. The molecule has 0 saturated heterocycles. The summed E-state index contributed by atoms with van der Waals surface area (Å²) < 4.78 is 0. The van der Waals surface area contributed by atoms with Crippen LogP contribution in [0.3, 0.4) is 0 Å². The van der Waals surface area contributed by atoms with E-state index in [1.54, 1.807) is 12.1 Å². The Hall–Kier alpha value is -1.26. The zero-order valence-electron chi connectivity index (χ0n) is 11.6. The number of phenolic OH excluding ortho intramolecular Hbond substituents is 1. The molecule has 1 amide bonds. The second-order valence-corrected chi connectivity index (χ2v) is 4.61. The molecule has 0 heterocycles. The van der Waals surface area contributed by atoms with Crippen LogP contribution in [0.15, 0.2) is 18.2 Å². The summed E-state index contributed by atoms with van der Waals surface area (Å²) in [7, 11) is 0. The van der Waals surface area contributed by atoms with Crippen LogP contribution in [-0.2, 0) is 11.2 Å². The molecule has 0 bridgehead atoms. The van der Waals surface area contributed by atoms with Gasteiger partial charge in [-0.05, 0) is 30.0 Å². The van der Waals surface area contributed by atoms with Crippen LogP contribution in [0.1, 0.15) is 32.8 Å². The Morgan fingerprint density at radius 3 is 2.58 bits per heavy atom. The lowest BCUT2D eigenvalue weighted by Crippen LogP contribution is -2.40. The topological polar surface area (TPSA) is 75.3 Å². The van der Waals surface area contributed by atoms with Crippen molar-refractivity contribution in [3.63, 3.8) is 0 Å². The highest BCUT2D eigenvalue weighted by molar-refractivity contribution is 5.96. The molecule has 0 fully saturated rings. The predicted molar refractivity (Wildman–Crippen MR) is 80.8 cm³/mol. The van der Waals surface area contributed by atoms with E-state index < -0.39 is 6.04 Å². The molecule has 4 nitrogen and oxygen atoms in total. The molecule has 0 spiro atoms. The van der Waals surface area contributed by atoms with Gasteiger partial charge in [-0.15, -0.1) is 12.4 Å². The highest BCUT2D eigenvalue weighted by Gasteiger charge is 2.20. The number of aromatic hydroxyl groups is 1. The number of benzene rings is 1. The maximum Gasteiger partial charge on any atom is 0.241 e. The highest BCUT2D eigenvalue weighted by atomic mass is 35.5. The smallest absolute Gasteiger partial charge is 0.241 e. The van der Waals surface area contributed by atoms with Crippen LogP contribution >= 0.6 is 12.4 Å². The van der Waals surface area contributed by atoms with E-state index >= 15 is 0 Å². The monoisotopic (exact) mass is 286 g/mol. The third-order valence-electron chi connectivity index (χ3n) is 3.29. The average Bonchev–Trinajstić information content (AvgIpc) is 2.39. The summed E-state index contributed by atoms with van der Waals surface area (Å²) in [6.07, 6.45) is 1.69. The zero-order chi connectivity index (χ0) is 13.7. The Morgan fingerprint density at radius 1 is 1.42 bits per heavy atom. The molecule has 4 N–H and O–H groups in total. The van der Waals surface area contributed by atoms with E-state index in [0.29, 0.717) is 5.69 Å². The molecule has 1 rings (SSSR count). The molecular formula is C14H23ClN2O2. The van der Waals surface area contributed by atoms with E-state index in [4.69, 9.17) is 5.73 Å². The third-order valence-corrected chi connectivity index (χ3v) is 3.29. The van der Waals surface area contributed by atoms with Crippen molar-refractivity contribution in [1.82, 2.24) is 0 Å². The van der Waals surface area contributed by atoms with Gasteiger partial charge in [0.1, 0.15) is 5.75 Å². The van der Waals surface area contributed by atoms with Crippen molar-refractivity contribution in [2.24, 2.45) is 11.7 Å². The Balaban J connectivity index is 0.00000324. The van der Waals surface area contributed by atoms with Crippen molar-refractivity contribution < 1.29 is 9.90 Å². The molecule has 1 aromatic rings. The molecule has 5 heteroatoms. The number of hydrogen-bond donors (Lipinski definition) is 3. The molecule has 2 atom stereocenters. The molecular weight excluding hydrogens is 264 g/mol. The van der Waals surface area contributed by atoms with Gasteiger partial charge in [0.15, 0.2) is 0 Å². The lowest BCUT2D eigenvalue weighted by molar-refractivity contribution is -0.118. The van der Waals surface area contributed by atoms with Gasteiger partial charge in [-0.3, -0.25) is 4.79 Å². The normalized spacial score (nSPS) is 13.3. The molecule has 0 aromatic heterocycles. The van der Waals surface area contributed by atoms with Crippen LogP contribution in [0.5, 0.6) is 5.75 Å². The first-order chi connectivity index (χ1) is 8.49. The van der Waals surface area contributed by atoms with Crippen molar-refractivity contribution in [1.29, 1.82) is 0 Å². The standard InChI is InChI=1S/C14H22N2O2.ClH/c1-4-9(3)13(15)14(18)16-11-8-10(5-2)6-7-12(11)17;/h6-9,13,17H,4-5,15H2,1-3H3,(H,16,18);1H. The number of anilines is 1. The van der Waals surface area contributed by atoms with Crippen molar-refractivity contribution in [2.75, 3.05) is 5.32 Å². The van der Waals surface area contributed by atoms with Gasteiger partial charge in [0.05, 0.1) is 11.7 Å². The lowest BCUT2D eigenvalue weighted by atomic mass is 9.99. The number of carbonyl (C=O) groups excluding carboxylic acids is 1. The number of nitrogens with one attached hydrogen (secondary N) is 1. The van der Waals surface area contributed by atoms with Crippen molar-refractivity contribution >= 4 is 24.0 Å². The van der Waals surface area contributed by atoms with Gasteiger partial charge in [-0.25, -0.2) is 0 Å². The highest BCUT2D eigenvalue weighted by Crippen LogP contribution is 2.25. The van der Waals surface area contributed by atoms with Crippen LogP contribution < -0.4 is 11.1 Å². The number of nitrogens with two attached hydrogens (primary N) is 1. The zero-order valence-corrected chi connectivity index (χ0v) is 12.5. The van der Waals surface area contributed by atoms with Crippen LogP contribution in [0.4, 0.5) is 5.69 Å².